The van der Waals surface area contributed by atoms with Gasteiger partial charge in [0.15, 0.2) is 0 Å². The van der Waals surface area contributed by atoms with Crippen molar-refractivity contribution >= 4 is 0 Å². The van der Waals surface area contributed by atoms with E-state index in [4.69, 9.17) is 0 Å². The molecule has 16 heavy (non-hydrogen) atoms. The van der Waals surface area contributed by atoms with Crippen LogP contribution in [0, 0.1) is 5.41 Å². The molecule has 0 spiro atoms. The maximum Gasteiger partial charge on any atom is 0.0117 e. The first-order valence-corrected chi connectivity index (χ1v) is 6.03. The quantitative estimate of drug-likeness (QED) is 0.589. The van der Waals surface area contributed by atoms with Crippen LogP contribution in [0.3, 0.4) is 0 Å². The summed E-state index contributed by atoms with van der Waals surface area (Å²) in [5.41, 5.74) is 6.04. The van der Waals surface area contributed by atoms with Gasteiger partial charge in [0.05, 0.1) is 0 Å². The smallest absolute Gasteiger partial charge is 0.0117 e. The summed E-state index contributed by atoms with van der Waals surface area (Å²) in [6, 6.07) is 0. The Morgan fingerprint density at radius 1 is 1.38 bits per heavy atom. The van der Waals surface area contributed by atoms with Gasteiger partial charge in [-0.3, -0.25) is 0 Å². The largest absolute Gasteiger partial charge is 0.0990 e. The predicted octanol–water partition coefficient (Wildman–Crippen LogP) is 4.73. The third-order valence-electron chi connectivity index (χ3n) is 3.75. The minimum atomic E-state index is 0.198. The van der Waals surface area contributed by atoms with Gasteiger partial charge < -0.3 is 0 Å². The third kappa shape index (κ3) is 1.44. The molecule has 0 fully saturated rings. The summed E-state index contributed by atoms with van der Waals surface area (Å²) in [7, 11) is 0. The first-order chi connectivity index (χ1) is 7.62. The summed E-state index contributed by atoms with van der Waals surface area (Å²) in [6.07, 6.45) is 13.2. The van der Waals surface area contributed by atoms with Crippen molar-refractivity contribution in [3.8, 4) is 0 Å². The maximum atomic E-state index is 3.83. The first-order valence-electron chi connectivity index (χ1n) is 6.03. The van der Waals surface area contributed by atoms with Crippen molar-refractivity contribution in [2.45, 2.75) is 33.6 Å². The lowest BCUT2D eigenvalue weighted by atomic mass is 9.78. The number of hydrogen-bond acceptors (Lipinski definition) is 0. The van der Waals surface area contributed by atoms with E-state index < -0.39 is 0 Å². The van der Waals surface area contributed by atoms with Gasteiger partial charge in [0, 0.05) is 5.41 Å². The lowest BCUT2D eigenvalue weighted by Gasteiger charge is -2.25. The lowest BCUT2D eigenvalue weighted by Crippen LogP contribution is -2.13. The molecule has 2 rings (SSSR count). The molecular weight excluding hydrogens is 192 g/mol. The van der Waals surface area contributed by atoms with Gasteiger partial charge in [0.1, 0.15) is 0 Å². The fourth-order valence-corrected chi connectivity index (χ4v) is 3.02. The highest BCUT2D eigenvalue weighted by Gasteiger charge is 2.38. The standard InChI is InChI=1S/C16H20/c1-5-9-12-13-10-7-8-11-15(13)16(3,4)14(12)6-2/h5-7,9-10H,1,8,11H2,2-4H3/b12-9-,14-6+. The second kappa shape index (κ2) is 3.93. The van der Waals surface area contributed by atoms with Gasteiger partial charge in [0.2, 0.25) is 0 Å². The van der Waals surface area contributed by atoms with Crippen LogP contribution in [-0.4, -0.2) is 0 Å². The average Bonchev–Trinajstić information content (AvgIpc) is 2.49. The van der Waals surface area contributed by atoms with Gasteiger partial charge in [0.25, 0.3) is 0 Å². The van der Waals surface area contributed by atoms with E-state index in [1.54, 1.807) is 5.57 Å². The van der Waals surface area contributed by atoms with Crippen LogP contribution in [0.15, 0.2) is 59.3 Å². The molecule has 0 nitrogen and oxygen atoms in total. The van der Waals surface area contributed by atoms with Crippen LogP contribution in [0.2, 0.25) is 0 Å². The summed E-state index contributed by atoms with van der Waals surface area (Å²) in [5.74, 6) is 0. The van der Waals surface area contributed by atoms with Crippen LogP contribution in [0.4, 0.5) is 0 Å². The Morgan fingerprint density at radius 3 is 2.75 bits per heavy atom. The predicted molar refractivity (Wildman–Crippen MR) is 71.2 cm³/mol. The highest BCUT2D eigenvalue weighted by Crippen LogP contribution is 2.53. The van der Waals surface area contributed by atoms with Crippen molar-refractivity contribution in [2.75, 3.05) is 0 Å². The highest BCUT2D eigenvalue weighted by molar-refractivity contribution is 5.66. The summed E-state index contributed by atoms with van der Waals surface area (Å²) < 4.78 is 0. The average molecular weight is 212 g/mol. The SMILES string of the molecule is C=C/C=C1/C2=C(CCC=C2)C(C)(C)/C1=C/C. The normalized spacial score (nSPS) is 27.7. The molecule has 0 aliphatic heterocycles. The van der Waals surface area contributed by atoms with Crippen molar-refractivity contribution in [1.29, 1.82) is 0 Å². The molecule has 0 heterocycles. The molecule has 84 valence electrons. The van der Waals surface area contributed by atoms with E-state index in [1.165, 1.54) is 29.6 Å². The molecule has 2 aliphatic rings. The summed E-state index contributed by atoms with van der Waals surface area (Å²) >= 11 is 0. The molecule has 0 atom stereocenters. The molecule has 0 unspecified atom stereocenters. The van der Waals surface area contributed by atoms with Gasteiger partial charge >= 0.3 is 0 Å². The Hall–Kier alpha value is -1.30. The van der Waals surface area contributed by atoms with Crippen LogP contribution < -0.4 is 0 Å². The van der Waals surface area contributed by atoms with Gasteiger partial charge in [-0.15, -0.1) is 0 Å². The molecular formula is C16H20. The number of rotatable bonds is 1. The van der Waals surface area contributed by atoms with E-state index in [-0.39, 0.29) is 5.41 Å². The highest BCUT2D eigenvalue weighted by atomic mass is 14.4. The molecule has 0 saturated heterocycles. The monoisotopic (exact) mass is 212 g/mol. The number of allylic oxidation sites excluding steroid dienone is 9. The van der Waals surface area contributed by atoms with Crippen molar-refractivity contribution in [3.63, 3.8) is 0 Å². The first kappa shape index (κ1) is 11.2. The second-order valence-electron chi connectivity index (χ2n) is 4.98. The Morgan fingerprint density at radius 2 is 2.12 bits per heavy atom. The minimum absolute atomic E-state index is 0.198. The molecule has 0 saturated carbocycles. The summed E-state index contributed by atoms with van der Waals surface area (Å²) in [4.78, 5) is 0. The summed E-state index contributed by atoms with van der Waals surface area (Å²) in [5, 5.41) is 0. The zero-order valence-corrected chi connectivity index (χ0v) is 10.5. The topological polar surface area (TPSA) is 0 Å². The van der Waals surface area contributed by atoms with Crippen LogP contribution in [0.1, 0.15) is 33.6 Å². The van der Waals surface area contributed by atoms with Crippen molar-refractivity contribution < 1.29 is 0 Å². The minimum Gasteiger partial charge on any atom is -0.0990 e. The second-order valence-corrected chi connectivity index (χ2v) is 4.98. The Bertz CT molecular complexity index is 437. The van der Waals surface area contributed by atoms with Gasteiger partial charge in [-0.1, -0.05) is 56.4 Å². The van der Waals surface area contributed by atoms with E-state index in [1.807, 2.05) is 6.08 Å². The van der Waals surface area contributed by atoms with Crippen molar-refractivity contribution in [1.82, 2.24) is 0 Å². The van der Waals surface area contributed by atoms with E-state index in [2.05, 4.69) is 51.7 Å². The fourth-order valence-electron chi connectivity index (χ4n) is 3.02. The van der Waals surface area contributed by atoms with Crippen molar-refractivity contribution in [3.05, 3.63) is 59.3 Å². The Labute approximate surface area is 98.8 Å². The maximum absolute atomic E-state index is 3.83. The van der Waals surface area contributed by atoms with Gasteiger partial charge in [-0.05, 0) is 36.5 Å². The molecule has 2 aliphatic carbocycles. The van der Waals surface area contributed by atoms with E-state index >= 15 is 0 Å². The third-order valence-corrected chi connectivity index (χ3v) is 3.75. The van der Waals surface area contributed by atoms with E-state index in [9.17, 15) is 0 Å². The molecule has 0 bridgehead atoms. The fraction of sp³-hybridized carbons (Fsp3) is 0.375. The molecule has 0 amide bonds. The molecule has 0 N–H and O–H groups in total. The molecule has 0 aromatic heterocycles. The number of hydrogen-bond donors (Lipinski definition) is 0. The van der Waals surface area contributed by atoms with Crippen LogP contribution in [0.25, 0.3) is 0 Å². The molecule has 0 radical (unpaired) electrons. The molecule has 0 heteroatoms. The van der Waals surface area contributed by atoms with Crippen LogP contribution >= 0.6 is 0 Å². The molecule has 0 aromatic rings. The van der Waals surface area contributed by atoms with E-state index in [0.717, 1.165) is 0 Å². The summed E-state index contributed by atoms with van der Waals surface area (Å²) in [6.45, 7) is 10.6. The van der Waals surface area contributed by atoms with Crippen molar-refractivity contribution in [2.24, 2.45) is 5.41 Å². The van der Waals surface area contributed by atoms with Crippen LogP contribution in [-0.2, 0) is 0 Å². The van der Waals surface area contributed by atoms with Gasteiger partial charge in [-0.2, -0.15) is 0 Å². The Kier molecular flexibility index (Phi) is 2.75. The molecule has 0 aromatic carbocycles. The zero-order valence-electron chi connectivity index (χ0n) is 10.5. The van der Waals surface area contributed by atoms with Gasteiger partial charge in [-0.25, -0.2) is 0 Å². The van der Waals surface area contributed by atoms with Crippen LogP contribution in [0.5, 0.6) is 0 Å². The van der Waals surface area contributed by atoms with E-state index in [0.29, 0.717) is 0 Å². The zero-order chi connectivity index (χ0) is 11.8. The lowest BCUT2D eigenvalue weighted by molar-refractivity contribution is 0.538. The Balaban J connectivity index is 2.64.